The number of aliphatic carboxylic acids is 1. The molecule has 8 nitrogen and oxygen atoms in total. The molecule has 1 aromatic heterocycles. The second-order valence-corrected chi connectivity index (χ2v) is 11.9. The van der Waals surface area contributed by atoms with Crippen molar-refractivity contribution in [2.75, 3.05) is 55.2 Å². The molecule has 0 amide bonds. The van der Waals surface area contributed by atoms with Crippen molar-refractivity contribution in [1.29, 1.82) is 0 Å². The van der Waals surface area contributed by atoms with Gasteiger partial charge in [0.05, 0.1) is 6.54 Å². The van der Waals surface area contributed by atoms with E-state index in [0.717, 1.165) is 37.3 Å². The van der Waals surface area contributed by atoms with Gasteiger partial charge in [0.15, 0.2) is 0 Å². The Kier molecular flexibility index (Phi) is 11.1. The van der Waals surface area contributed by atoms with Crippen LogP contribution in [0.2, 0.25) is 0 Å². The highest BCUT2D eigenvalue weighted by Gasteiger charge is 2.23. The Hall–Kier alpha value is -2.09. The molecule has 37 heavy (non-hydrogen) atoms. The van der Waals surface area contributed by atoms with Gasteiger partial charge in [0.2, 0.25) is 5.95 Å². The Labute approximate surface area is 223 Å². The second-order valence-electron chi connectivity index (χ2n) is 11.9. The van der Waals surface area contributed by atoms with E-state index in [1.807, 2.05) is 11.0 Å². The number of nitrogens with two attached hydrogens (primary N) is 1. The van der Waals surface area contributed by atoms with Crippen LogP contribution in [0.25, 0.3) is 0 Å². The summed E-state index contributed by atoms with van der Waals surface area (Å²) in [6, 6.07) is 1.82. The molecule has 1 aromatic rings. The summed E-state index contributed by atoms with van der Waals surface area (Å²) in [7, 11) is 0. The molecule has 1 aliphatic heterocycles. The molecule has 0 aromatic carbocycles. The number of piperazine rings is 1. The van der Waals surface area contributed by atoms with E-state index in [4.69, 9.17) is 15.8 Å². The van der Waals surface area contributed by atoms with Crippen molar-refractivity contribution in [2.24, 2.45) is 17.8 Å². The summed E-state index contributed by atoms with van der Waals surface area (Å²) in [5.74, 6) is 3.78. The van der Waals surface area contributed by atoms with Gasteiger partial charge in [-0.15, -0.1) is 0 Å². The van der Waals surface area contributed by atoms with Crippen LogP contribution in [0.4, 0.5) is 17.6 Å². The maximum absolute atomic E-state index is 11.0. The number of carboxylic acids is 1. The molecule has 208 valence electrons. The molecule has 0 atom stereocenters. The lowest BCUT2D eigenvalue weighted by molar-refractivity contribution is -0.138. The number of nitrogens with zero attached hydrogens (tertiary/aromatic N) is 4. The van der Waals surface area contributed by atoms with E-state index in [9.17, 15) is 4.79 Å². The highest BCUT2D eigenvalue weighted by molar-refractivity contribution is 5.69. The molecule has 3 fully saturated rings. The van der Waals surface area contributed by atoms with Gasteiger partial charge in [-0.05, 0) is 30.6 Å². The van der Waals surface area contributed by atoms with Crippen molar-refractivity contribution in [1.82, 2.24) is 14.9 Å². The third-order valence-corrected chi connectivity index (χ3v) is 9.00. The summed E-state index contributed by atoms with van der Waals surface area (Å²) >= 11 is 0. The minimum absolute atomic E-state index is 0.0924. The number of rotatable bonds is 13. The molecule has 2 aliphatic carbocycles. The molecular weight excluding hydrogens is 464 g/mol. The van der Waals surface area contributed by atoms with E-state index in [2.05, 4.69) is 15.2 Å². The maximum Gasteiger partial charge on any atom is 0.317 e. The van der Waals surface area contributed by atoms with Gasteiger partial charge in [-0.1, -0.05) is 83.5 Å². The number of nitrogens with one attached hydrogen (secondary N) is 1. The van der Waals surface area contributed by atoms with Gasteiger partial charge in [-0.2, -0.15) is 9.97 Å². The van der Waals surface area contributed by atoms with Crippen LogP contribution < -0.4 is 16.0 Å². The van der Waals surface area contributed by atoms with Crippen LogP contribution in [-0.2, 0) is 4.79 Å². The largest absolute Gasteiger partial charge is 0.480 e. The number of aromatic nitrogens is 2. The van der Waals surface area contributed by atoms with E-state index in [0.29, 0.717) is 30.8 Å². The monoisotopic (exact) mass is 514 g/mol. The number of nitrogen functional groups attached to an aromatic ring is 1. The fourth-order valence-electron chi connectivity index (χ4n) is 6.68. The summed E-state index contributed by atoms with van der Waals surface area (Å²) in [4.78, 5) is 24.2. The fraction of sp³-hybridized carbons (Fsp3) is 0.828. The van der Waals surface area contributed by atoms with E-state index >= 15 is 0 Å². The SMILES string of the molecule is Nc1cc(N2CCN(CC(=O)O)CC2)nc(NCC2CCC(CCCCCCC3CCCCC3)CC2)n1. The number of unbranched alkanes of at least 4 members (excludes halogenated alkanes) is 3. The van der Waals surface area contributed by atoms with Crippen LogP contribution in [0, 0.1) is 17.8 Å². The molecule has 3 aliphatic rings. The van der Waals surface area contributed by atoms with Gasteiger partial charge in [0, 0.05) is 38.8 Å². The third-order valence-electron chi connectivity index (χ3n) is 9.00. The Bertz CT molecular complexity index is 815. The van der Waals surface area contributed by atoms with Crippen molar-refractivity contribution in [3.05, 3.63) is 6.07 Å². The Morgan fingerprint density at radius 2 is 1.49 bits per heavy atom. The number of hydrogen-bond acceptors (Lipinski definition) is 7. The lowest BCUT2D eigenvalue weighted by Crippen LogP contribution is -2.48. The minimum Gasteiger partial charge on any atom is -0.480 e. The summed E-state index contributed by atoms with van der Waals surface area (Å²) in [6.45, 7) is 3.91. The molecule has 1 saturated heterocycles. The Morgan fingerprint density at radius 3 is 2.14 bits per heavy atom. The highest BCUT2D eigenvalue weighted by atomic mass is 16.4. The van der Waals surface area contributed by atoms with Crippen molar-refractivity contribution >= 4 is 23.6 Å². The first-order valence-electron chi connectivity index (χ1n) is 15.1. The summed E-state index contributed by atoms with van der Waals surface area (Å²) in [6.07, 6.45) is 21.4. The zero-order valence-corrected chi connectivity index (χ0v) is 22.9. The van der Waals surface area contributed by atoms with E-state index in [-0.39, 0.29) is 6.54 Å². The zero-order valence-electron chi connectivity index (χ0n) is 22.9. The predicted octanol–water partition coefficient (Wildman–Crippen LogP) is 5.40. The van der Waals surface area contributed by atoms with Gasteiger partial charge in [0.25, 0.3) is 0 Å². The van der Waals surface area contributed by atoms with Crippen LogP contribution in [-0.4, -0.2) is 65.2 Å². The summed E-state index contributed by atoms with van der Waals surface area (Å²) in [5.41, 5.74) is 6.09. The van der Waals surface area contributed by atoms with E-state index < -0.39 is 5.97 Å². The average molecular weight is 515 g/mol. The molecule has 2 saturated carbocycles. The van der Waals surface area contributed by atoms with Crippen molar-refractivity contribution in [3.63, 3.8) is 0 Å². The second kappa shape index (κ2) is 14.7. The van der Waals surface area contributed by atoms with Crippen LogP contribution in [0.15, 0.2) is 6.07 Å². The lowest BCUT2D eigenvalue weighted by atomic mass is 9.79. The van der Waals surface area contributed by atoms with Crippen molar-refractivity contribution in [2.45, 2.75) is 96.3 Å². The van der Waals surface area contributed by atoms with Gasteiger partial charge >= 0.3 is 5.97 Å². The number of carboxylic acid groups (broad SMARTS) is 1. The molecule has 4 rings (SSSR count). The molecule has 0 unspecified atom stereocenters. The molecule has 4 N–H and O–H groups in total. The van der Waals surface area contributed by atoms with Crippen molar-refractivity contribution in [3.8, 4) is 0 Å². The fourth-order valence-corrected chi connectivity index (χ4v) is 6.68. The third kappa shape index (κ3) is 9.62. The number of anilines is 3. The Morgan fingerprint density at radius 1 is 0.865 bits per heavy atom. The molecule has 0 bridgehead atoms. The molecule has 0 spiro atoms. The van der Waals surface area contributed by atoms with Gasteiger partial charge < -0.3 is 21.1 Å². The van der Waals surface area contributed by atoms with Crippen LogP contribution >= 0.6 is 0 Å². The van der Waals surface area contributed by atoms with Crippen LogP contribution in [0.5, 0.6) is 0 Å². The molecular formula is C29H50N6O2. The normalized spacial score (nSPS) is 23.7. The first-order chi connectivity index (χ1) is 18.0. The standard InChI is InChI=1S/C29H50N6O2/c30-26-20-27(35-18-16-34(17-19-35)22-28(36)37)33-29(32-26)31-21-25-14-12-24(13-15-25)11-5-2-1-4-8-23-9-6-3-7-10-23/h20,23-25H,1-19,21-22H2,(H,36,37)(H3,30,31,32,33). The van der Waals surface area contributed by atoms with E-state index in [1.54, 1.807) is 0 Å². The van der Waals surface area contributed by atoms with Crippen LogP contribution in [0.3, 0.4) is 0 Å². The quantitative estimate of drug-likeness (QED) is 0.300. The summed E-state index contributed by atoms with van der Waals surface area (Å²) < 4.78 is 0. The van der Waals surface area contributed by atoms with Gasteiger partial charge in [-0.3, -0.25) is 9.69 Å². The zero-order chi connectivity index (χ0) is 25.9. The smallest absolute Gasteiger partial charge is 0.317 e. The number of carbonyl (C=O) groups is 1. The highest BCUT2D eigenvalue weighted by Crippen LogP contribution is 2.33. The van der Waals surface area contributed by atoms with Crippen LogP contribution in [0.1, 0.15) is 96.3 Å². The molecule has 0 radical (unpaired) electrons. The first kappa shape index (κ1) is 27.9. The first-order valence-corrected chi connectivity index (χ1v) is 15.1. The Balaban J connectivity index is 1.09. The maximum atomic E-state index is 11.0. The predicted molar refractivity (Wildman–Crippen MR) is 151 cm³/mol. The minimum atomic E-state index is -0.777. The van der Waals surface area contributed by atoms with Gasteiger partial charge in [0.1, 0.15) is 11.6 Å². The molecule has 2 heterocycles. The lowest BCUT2D eigenvalue weighted by Gasteiger charge is -2.34. The van der Waals surface area contributed by atoms with E-state index in [1.165, 1.54) is 96.3 Å². The topological polar surface area (TPSA) is 108 Å². The average Bonchev–Trinajstić information content (AvgIpc) is 2.90. The summed E-state index contributed by atoms with van der Waals surface area (Å²) in [5, 5.41) is 12.5. The number of hydrogen-bond donors (Lipinski definition) is 3. The van der Waals surface area contributed by atoms with Gasteiger partial charge in [-0.25, -0.2) is 0 Å². The molecule has 8 heteroatoms. The van der Waals surface area contributed by atoms with Crippen molar-refractivity contribution < 1.29 is 9.90 Å².